The van der Waals surface area contributed by atoms with Gasteiger partial charge in [0.05, 0.1) is 17.0 Å². The smallest absolute Gasteiger partial charge is 0.0701 e. The average molecular weight is 361 g/mol. The second kappa shape index (κ2) is 7.36. The highest BCUT2D eigenvalue weighted by molar-refractivity contribution is 9.11. The number of thiophene rings is 1. The van der Waals surface area contributed by atoms with Crippen molar-refractivity contribution in [1.29, 1.82) is 0 Å². The van der Waals surface area contributed by atoms with E-state index in [9.17, 15) is 0 Å². The Hall–Kier alpha value is 0.0600. The molecular formula is C15H25BrN2OS. The number of morpholine rings is 1. The molecule has 0 radical (unpaired) electrons. The van der Waals surface area contributed by atoms with E-state index < -0.39 is 0 Å². The van der Waals surface area contributed by atoms with E-state index in [1.807, 2.05) is 11.3 Å². The van der Waals surface area contributed by atoms with Crippen molar-refractivity contribution in [3.63, 3.8) is 0 Å². The molecule has 114 valence electrons. The summed E-state index contributed by atoms with van der Waals surface area (Å²) in [6.07, 6.45) is 1.08. The molecule has 1 saturated heterocycles. The van der Waals surface area contributed by atoms with Crippen molar-refractivity contribution in [2.24, 2.45) is 0 Å². The van der Waals surface area contributed by atoms with Crippen molar-refractivity contribution in [2.75, 3.05) is 32.8 Å². The molecule has 5 heteroatoms. The van der Waals surface area contributed by atoms with E-state index in [1.54, 1.807) is 0 Å². The van der Waals surface area contributed by atoms with E-state index in [4.69, 9.17) is 4.74 Å². The lowest BCUT2D eigenvalue weighted by Crippen LogP contribution is -2.61. The lowest BCUT2D eigenvalue weighted by molar-refractivity contribution is -0.0229. The van der Waals surface area contributed by atoms with Crippen LogP contribution >= 0.6 is 27.3 Å². The number of hydrogen-bond acceptors (Lipinski definition) is 4. The third-order valence-corrected chi connectivity index (χ3v) is 5.81. The minimum absolute atomic E-state index is 0.135. The van der Waals surface area contributed by atoms with Crippen molar-refractivity contribution in [3.8, 4) is 0 Å². The molecule has 0 aromatic carbocycles. The van der Waals surface area contributed by atoms with E-state index in [-0.39, 0.29) is 5.54 Å². The Kier molecular flexibility index (Phi) is 6.05. The first-order valence-corrected chi connectivity index (χ1v) is 8.95. The molecule has 0 saturated carbocycles. The molecule has 0 amide bonds. The maximum Gasteiger partial charge on any atom is 0.0701 e. The fourth-order valence-electron chi connectivity index (χ4n) is 2.84. The Morgan fingerprint density at radius 3 is 2.65 bits per heavy atom. The predicted molar refractivity (Wildman–Crippen MR) is 89.7 cm³/mol. The molecule has 3 nitrogen and oxygen atoms in total. The van der Waals surface area contributed by atoms with Crippen molar-refractivity contribution < 1.29 is 4.74 Å². The molecular weight excluding hydrogens is 336 g/mol. The highest BCUT2D eigenvalue weighted by Crippen LogP contribution is 2.28. The number of likely N-dealkylation sites (N-methyl/N-ethyl adjacent to an activating group) is 1. The minimum Gasteiger partial charge on any atom is -0.379 e. The Morgan fingerprint density at radius 1 is 1.40 bits per heavy atom. The highest BCUT2D eigenvalue weighted by Gasteiger charge is 2.35. The third kappa shape index (κ3) is 4.04. The predicted octanol–water partition coefficient (Wildman–Crippen LogP) is 3.14. The van der Waals surface area contributed by atoms with Crippen LogP contribution in [0.25, 0.3) is 0 Å². The number of nitrogens with zero attached hydrogens (tertiary/aromatic N) is 1. The molecule has 1 aliphatic rings. The fourth-order valence-corrected chi connectivity index (χ4v) is 4.37. The Morgan fingerprint density at radius 2 is 2.10 bits per heavy atom. The monoisotopic (exact) mass is 360 g/mol. The largest absolute Gasteiger partial charge is 0.379 e. The van der Waals surface area contributed by atoms with Gasteiger partial charge in [-0.2, -0.15) is 0 Å². The van der Waals surface area contributed by atoms with Crippen molar-refractivity contribution >= 4 is 27.3 Å². The van der Waals surface area contributed by atoms with Gasteiger partial charge < -0.3 is 10.1 Å². The number of hydrogen-bond donors (Lipinski definition) is 1. The van der Waals surface area contributed by atoms with Gasteiger partial charge in [-0.1, -0.05) is 6.92 Å². The van der Waals surface area contributed by atoms with Crippen LogP contribution in [0.5, 0.6) is 0 Å². The van der Waals surface area contributed by atoms with Crippen LogP contribution in [-0.4, -0.2) is 49.3 Å². The summed E-state index contributed by atoms with van der Waals surface area (Å²) in [5.74, 6) is 0. The number of nitrogens with one attached hydrogen (secondary N) is 1. The number of ether oxygens (including phenoxy) is 1. The van der Waals surface area contributed by atoms with Crippen LogP contribution in [0.2, 0.25) is 0 Å². The van der Waals surface area contributed by atoms with Gasteiger partial charge in [0.1, 0.15) is 0 Å². The summed E-state index contributed by atoms with van der Waals surface area (Å²) in [5.41, 5.74) is 0.135. The fraction of sp³-hybridized carbons (Fsp3) is 0.733. The standard InChI is InChI=1S/C15H25BrN2OS/c1-4-17-13(11-12-5-6-14(16)20-12)15(2,3)18-7-9-19-10-8-18/h5-6,13,17H,4,7-11H2,1-3H3. The summed E-state index contributed by atoms with van der Waals surface area (Å²) < 4.78 is 6.70. The highest BCUT2D eigenvalue weighted by atomic mass is 79.9. The summed E-state index contributed by atoms with van der Waals surface area (Å²) in [6, 6.07) is 4.83. The quantitative estimate of drug-likeness (QED) is 0.843. The zero-order valence-corrected chi connectivity index (χ0v) is 15.0. The first kappa shape index (κ1) is 16.4. The van der Waals surface area contributed by atoms with Crippen LogP contribution in [0.3, 0.4) is 0 Å². The maximum atomic E-state index is 5.49. The van der Waals surface area contributed by atoms with Gasteiger partial charge in [0, 0.05) is 29.5 Å². The van der Waals surface area contributed by atoms with E-state index in [0.717, 1.165) is 39.3 Å². The van der Waals surface area contributed by atoms with Crippen molar-refractivity contribution in [1.82, 2.24) is 10.2 Å². The molecule has 1 unspecified atom stereocenters. The molecule has 0 bridgehead atoms. The van der Waals surface area contributed by atoms with Gasteiger partial charge in [-0.15, -0.1) is 11.3 Å². The summed E-state index contributed by atoms with van der Waals surface area (Å²) in [4.78, 5) is 4.00. The van der Waals surface area contributed by atoms with E-state index in [1.165, 1.54) is 8.66 Å². The van der Waals surface area contributed by atoms with Gasteiger partial charge in [-0.3, -0.25) is 4.90 Å². The SMILES string of the molecule is CCNC(Cc1ccc(Br)s1)C(C)(C)N1CCOCC1. The zero-order valence-electron chi connectivity index (χ0n) is 12.6. The maximum absolute atomic E-state index is 5.49. The van der Waals surface area contributed by atoms with Crippen LogP contribution in [0.15, 0.2) is 15.9 Å². The second-order valence-electron chi connectivity index (χ2n) is 5.77. The van der Waals surface area contributed by atoms with Gasteiger partial charge in [-0.05, 0) is 54.9 Å². The second-order valence-corrected chi connectivity index (χ2v) is 8.32. The summed E-state index contributed by atoms with van der Waals surface area (Å²) >= 11 is 5.40. The van der Waals surface area contributed by atoms with Crippen LogP contribution < -0.4 is 5.32 Å². The Bertz CT molecular complexity index is 416. The molecule has 1 aromatic rings. The van der Waals surface area contributed by atoms with Crippen LogP contribution in [0, 0.1) is 0 Å². The third-order valence-electron chi connectivity index (χ3n) is 4.16. The Labute approximate surface area is 134 Å². The molecule has 1 atom stereocenters. The van der Waals surface area contributed by atoms with Crippen LogP contribution in [-0.2, 0) is 11.2 Å². The van der Waals surface area contributed by atoms with Gasteiger partial charge >= 0.3 is 0 Å². The van der Waals surface area contributed by atoms with Gasteiger partial charge in [0.25, 0.3) is 0 Å². The lowest BCUT2D eigenvalue weighted by Gasteiger charge is -2.46. The molecule has 2 rings (SSSR count). The molecule has 0 spiro atoms. The summed E-state index contributed by atoms with van der Waals surface area (Å²) in [6.45, 7) is 11.7. The van der Waals surface area contributed by atoms with Gasteiger partial charge in [0.2, 0.25) is 0 Å². The van der Waals surface area contributed by atoms with E-state index >= 15 is 0 Å². The molecule has 2 heterocycles. The van der Waals surface area contributed by atoms with Crippen molar-refractivity contribution in [3.05, 3.63) is 20.8 Å². The zero-order chi connectivity index (χ0) is 14.6. The Balaban J connectivity index is 2.08. The molecule has 1 aliphatic heterocycles. The van der Waals surface area contributed by atoms with Crippen LogP contribution in [0.4, 0.5) is 0 Å². The minimum atomic E-state index is 0.135. The van der Waals surface area contributed by atoms with E-state index in [2.05, 4.69) is 59.1 Å². The topological polar surface area (TPSA) is 24.5 Å². The molecule has 0 aliphatic carbocycles. The van der Waals surface area contributed by atoms with Gasteiger partial charge in [-0.25, -0.2) is 0 Å². The molecule has 1 aromatic heterocycles. The average Bonchev–Trinajstić information content (AvgIpc) is 2.85. The normalized spacial score (nSPS) is 19.2. The van der Waals surface area contributed by atoms with Crippen LogP contribution in [0.1, 0.15) is 25.6 Å². The number of halogens is 1. The number of rotatable bonds is 6. The van der Waals surface area contributed by atoms with E-state index in [0.29, 0.717) is 6.04 Å². The van der Waals surface area contributed by atoms with Gasteiger partial charge in [0.15, 0.2) is 0 Å². The molecule has 1 fully saturated rings. The molecule has 1 N–H and O–H groups in total. The first-order valence-electron chi connectivity index (χ1n) is 7.34. The van der Waals surface area contributed by atoms with Crippen molar-refractivity contribution in [2.45, 2.75) is 38.8 Å². The molecule has 20 heavy (non-hydrogen) atoms. The summed E-state index contributed by atoms with van der Waals surface area (Å²) in [7, 11) is 0. The summed E-state index contributed by atoms with van der Waals surface area (Å²) in [5, 5.41) is 3.69. The lowest BCUT2D eigenvalue weighted by atomic mass is 9.89. The first-order chi connectivity index (χ1) is 9.54.